The first-order valence-corrected chi connectivity index (χ1v) is 11.6. The third-order valence-electron chi connectivity index (χ3n) is 5.10. The minimum absolute atomic E-state index is 0. The van der Waals surface area contributed by atoms with E-state index in [4.69, 9.17) is 33.0 Å². The van der Waals surface area contributed by atoms with E-state index in [1.165, 1.54) is 0 Å². The topological polar surface area (TPSA) is 50.6 Å². The van der Waals surface area contributed by atoms with Crippen LogP contribution in [0.3, 0.4) is 0 Å². The van der Waals surface area contributed by atoms with Gasteiger partial charge in [-0.3, -0.25) is 0 Å². The van der Waals surface area contributed by atoms with Crippen LogP contribution in [0.2, 0.25) is 10.0 Å². The number of hydrazone groups is 1. The Balaban J connectivity index is 0.000000481. The van der Waals surface area contributed by atoms with Crippen LogP contribution in [0.1, 0.15) is 36.9 Å². The van der Waals surface area contributed by atoms with Crippen molar-refractivity contribution in [3.05, 3.63) is 106 Å². The molecule has 0 aliphatic carbocycles. The normalized spacial score (nSPS) is 14.6. The van der Waals surface area contributed by atoms with Crippen LogP contribution in [0.5, 0.6) is 5.88 Å². The van der Waals surface area contributed by atoms with Crippen molar-refractivity contribution in [3.63, 3.8) is 0 Å². The molecule has 176 valence electrons. The first-order valence-electron chi connectivity index (χ1n) is 10.8. The predicted octanol–water partition coefficient (Wildman–Crippen LogP) is 7.05. The average molecular weight is 535 g/mol. The van der Waals surface area contributed by atoms with Crippen molar-refractivity contribution in [3.8, 4) is 5.88 Å². The van der Waals surface area contributed by atoms with Gasteiger partial charge in [-0.1, -0.05) is 36.2 Å². The standard InChI is InChI=1S/C21H19Cl2N4O.C5H5.Fe/c1-2-11-28-21-10-9-20(24-25-21)27-19(16-8-7-15(22)12-17(16)23)13-18(26-27)14-5-3-4-6-14;1-2-4-5-3-1;/h3-10,12,19H,2,11,13H2,1H3;1-5H;/q2*-1;+2. The second-order valence-electron chi connectivity index (χ2n) is 7.49. The molecule has 0 spiro atoms. The molecule has 0 radical (unpaired) electrons. The average Bonchev–Trinajstić information content (AvgIpc) is 3.61. The van der Waals surface area contributed by atoms with Crippen molar-refractivity contribution in [2.45, 2.75) is 25.8 Å². The van der Waals surface area contributed by atoms with Gasteiger partial charge in [0.05, 0.1) is 12.6 Å². The number of hydrogen-bond donors (Lipinski definition) is 0. The van der Waals surface area contributed by atoms with Gasteiger partial charge in [0.25, 0.3) is 0 Å². The fourth-order valence-electron chi connectivity index (χ4n) is 3.52. The summed E-state index contributed by atoms with van der Waals surface area (Å²) in [6.07, 6.45) is 1.63. The molecule has 1 atom stereocenters. The molecule has 2 heterocycles. The number of nitrogens with zero attached hydrogens (tertiary/aromatic N) is 4. The fraction of sp³-hybridized carbons (Fsp3) is 0.192. The number of halogens is 2. The van der Waals surface area contributed by atoms with Crippen molar-refractivity contribution in [2.75, 3.05) is 11.6 Å². The summed E-state index contributed by atoms with van der Waals surface area (Å²) in [5.74, 6) is 1.15. The summed E-state index contributed by atoms with van der Waals surface area (Å²) < 4.78 is 5.53. The van der Waals surface area contributed by atoms with Gasteiger partial charge in [-0.2, -0.15) is 35.4 Å². The van der Waals surface area contributed by atoms with Crippen LogP contribution >= 0.6 is 23.2 Å². The van der Waals surface area contributed by atoms with E-state index in [0.29, 0.717) is 34.8 Å². The van der Waals surface area contributed by atoms with Crippen molar-refractivity contribution in [2.24, 2.45) is 5.10 Å². The Hall–Kier alpha value is -2.63. The summed E-state index contributed by atoms with van der Waals surface area (Å²) in [6, 6.07) is 27.2. The number of hydrogen-bond acceptors (Lipinski definition) is 5. The molecule has 1 unspecified atom stereocenters. The Labute approximate surface area is 220 Å². The van der Waals surface area contributed by atoms with E-state index < -0.39 is 0 Å². The van der Waals surface area contributed by atoms with Crippen molar-refractivity contribution in [1.82, 2.24) is 10.2 Å². The number of anilines is 1. The maximum absolute atomic E-state index is 6.50. The predicted molar refractivity (Wildman–Crippen MR) is 135 cm³/mol. The van der Waals surface area contributed by atoms with Crippen LogP contribution in [0.4, 0.5) is 5.82 Å². The zero-order valence-electron chi connectivity index (χ0n) is 18.6. The van der Waals surface area contributed by atoms with Gasteiger partial charge >= 0.3 is 17.1 Å². The molecule has 5 rings (SSSR count). The van der Waals surface area contributed by atoms with E-state index in [2.05, 4.69) is 22.3 Å². The zero-order chi connectivity index (χ0) is 23.0. The van der Waals surface area contributed by atoms with Crippen LogP contribution in [-0.2, 0) is 17.1 Å². The molecule has 0 fully saturated rings. The third kappa shape index (κ3) is 6.49. The van der Waals surface area contributed by atoms with Gasteiger partial charge in [0.15, 0.2) is 5.82 Å². The minimum atomic E-state index is -0.0913. The second kappa shape index (κ2) is 12.7. The summed E-state index contributed by atoms with van der Waals surface area (Å²) in [4.78, 5) is 0. The summed E-state index contributed by atoms with van der Waals surface area (Å²) in [5, 5.41) is 16.4. The Morgan fingerprint density at radius 1 is 1.06 bits per heavy atom. The first kappa shape index (κ1) is 26.0. The minimum Gasteiger partial charge on any atom is -0.477 e. The molecular weight excluding hydrogens is 511 g/mol. The molecule has 1 aliphatic rings. The number of benzene rings is 1. The van der Waals surface area contributed by atoms with E-state index in [1.807, 2.05) is 78.7 Å². The van der Waals surface area contributed by atoms with Gasteiger partial charge in [0.2, 0.25) is 5.88 Å². The molecule has 0 saturated heterocycles. The van der Waals surface area contributed by atoms with E-state index >= 15 is 0 Å². The Kier molecular flexibility index (Phi) is 9.73. The van der Waals surface area contributed by atoms with Gasteiger partial charge in [0.1, 0.15) is 0 Å². The van der Waals surface area contributed by atoms with Crippen LogP contribution < -0.4 is 9.75 Å². The quantitative estimate of drug-likeness (QED) is 0.196. The molecule has 0 N–H and O–H groups in total. The molecule has 3 aromatic carbocycles. The van der Waals surface area contributed by atoms with Crippen molar-refractivity contribution in [1.29, 1.82) is 0 Å². The zero-order valence-corrected chi connectivity index (χ0v) is 21.2. The molecule has 5 nitrogen and oxygen atoms in total. The van der Waals surface area contributed by atoms with Gasteiger partial charge in [-0.05, 0) is 30.2 Å². The van der Waals surface area contributed by atoms with Crippen LogP contribution in [0.25, 0.3) is 0 Å². The molecule has 1 aliphatic heterocycles. The first-order chi connectivity index (χ1) is 16.2. The summed E-state index contributed by atoms with van der Waals surface area (Å²) >= 11 is 12.6. The van der Waals surface area contributed by atoms with E-state index in [0.717, 1.165) is 23.3 Å². The van der Waals surface area contributed by atoms with Crippen molar-refractivity contribution < 1.29 is 21.8 Å². The summed E-state index contributed by atoms with van der Waals surface area (Å²) in [6.45, 7) is 2.66. The maximum atomic E-state index is 6.50. The smallest absolute Gasteiger partial charge is 0.477 e. The van der Waals surface area contributed by atoms with Crippen LogP contribution in [0, 0.1) is 0 Å². The van der Waals surface area contributed by atoms with Gasteiger partial charge in [-0.25, -0.2) is 29.3 Å². The number of aromatic nitrogens is 2. The van der Waals surface area contributed by atoms with Gasteiger partial charge in [0, 0.05) is 28.2 Å². The monoisotopic (exact) mass is 534 g/mol. The van der Waals surface area contributed by atoms with E-state index in [9.17, 15) is 0 Å². The SMILES string of the molecule is CCCOc1ccc(N2N=C([c-]3cccc3)CC2c2ccc(Cl)cc2Cl)nn1.[Fe+2].c1cc[cH-]c1. The Morgan fingerprint density at radius 2 is 1.82 bits per heavy atom. The Morgan fingerprint density at radius 3 is 2.41 bits per heavy atom. The Bertz CT molecular complexity index is 1150. The van der Waals surface area contributed by atoms with Gasteiger partial charge in [-0.15, -0.1) is 15.8 Å². The maximum Gasteiger partial charge on any atom is 2.00 e. The van der Waals surface area contributed by atoms with Crippen molar-refractivity contribution >= 4 is 34.7 Å². The number of rotatable bonds is 6. The molecule has 0 amide bonds. The molecular formula is C26H24Cl2FeN4O. The fourth-order valence-corrected chi connectivity index (χ4v) is 4.05. The number of ether oxygens (including phenoxy) is 1. The second-order valence-corrected chi connectivity index (χ2v) is 8.33. The third-order valence-corrected chi connectivity index (χ3v) is 5.66. The summed E-state index contributed by atoms with van der Waals surface area (Å²) in [5.41, 5.74) is 3.02. The molecule has 1 aromatic heterocycles. The summed E-state index contributed by atoms with van der Waals surface area (Å²) in [7, 11) is 0. The van der Waals surface area contributed by atoms with E-state index in [-0.39, 0.29) is 23.1 Å². The molecule has 0 saturated carbocycles. The molecule has 34 heavy (non-hydrogen) atoms. The van der Waals surface area contributed by atoms with Crippen LogP contribution in [-0.4, -0.2) is 22.5 Å². The van der Waals surface area contributed by atoms with E-state index in [1.54, 1.807) is 6.07 Å². The van der Waals surface area contributed by atoms with Crippen LogP contribution in [0.15, 0.2) is 90.0 Å². The molecule has 4 aromatic rings. The molecule has 0 bridgehead atoms. The molecule has 8 heteroatoms. The van der Waals surface area contributed by atoms with Gasteiger partial charge < -0.3 is 4.74 Å². The largest absolute Gasteiger partial charge is 2.00 e.